The summed E-state index contributed by atoms with van der Waals surface area (Å²) in [5.74, 6) is 1.31. The Morgan fingerprint density at radius 1 is 0.970 bits per heavy atom. The highest BCUT2D eigenvalue weighted by Gasteiger charge is 2.22. The molecule has 3 aromatic carbocycles. The van der Waals surface area contributed by atoms with Crippen molar-refractivity contribution in [1.29, 1.82) is 5.26 Å². The van der Waals surface area contributed by atoms with Gasteiger partial charge in [-0.3, -0.25) is 4.79 Å². The van der Waals surface area contributed by atoms with E-state index in [1.165, 1.54) is 21.3 Å². The molecule has 0 aliphatic carbocycles. The predicted molar refractivity (Wildman–Crippen MR) is 126 cm³/mol. The number of carbonyl (C=O) groups is 1. The van der Waals surface area contributed by atoms with E-state index < -0.39 is 0 Å². The Kier molecular flexibility index (Phi) is 6.09. The van der Waals surface area contributed by atoms with Gasteiger partial charge in [0, 0.05) is 5.56 Å². The van der Waals surface area contributed by atoms with Gasteiger partial charge < -0.3 is 19.2 Å². The van der Waals surface area contributed by atoms with E-state index in [4.69, 9.17) is 19.5 Å². The lowest BCUT2D eigenvalue weighted by Crippen LogP contribution is -2.06. The van der Waals surface area contributed by atoms with Crippen LogP contribution in [0.1, 0.15) is 27.3 Å². The van der Waals surface area contributed by atoms with Crippen LogP contribution in [0, 0.1) is 11.3 Å². The number of Topliss-reactive ketones (excluding diaryl/α,β-unsaturated/α-hetero) is 1. The summed E-state index contributed by atoms with van der Waals surface area (Å²) in [7, 11) is 4.50. The highest BCUT2D eigenvalue weighted by molar-refractivity contribution is 6.32. The smallest absolute Gasteiger partial charge is 0.203 e. The topological polar surface area (TPSA) is 97.2 Å². The van der Waals surface area contributed by atoms with Crippen molar-refractivity contribution in [1.82, 2.24) is 9.97 Å². The van der Waals surface area contributed by atoms with Crippen LogP contribution in [0.4, 0.5) is 0 Å². The lowest BCUT2D eigenvalue weighted by atomic mass is 9.99. The molecule has 0 aliphatic heterocycles. The first-order valence-corrected chi connectivity index (χ1v) is 10.1. The number of benzene rings is 3. The van der Waals surface area contributed by atoms with Crippen LogP contribution in [0.25, 0.3) is 22.7 Å². The molecule has 7 heteroatoms. The van der Waals surface area contributed by atoms with Gasteiger partial charge >= 0.3 is 0 Å². The van der Waals surface area contributed by atoms with Crippen molar-refractivity contribution >= 4 is 28.5 Å². The summed E-state index contributed by atoms with van der Waals surface area (Å²) in [5, 5.41) is 9.08. The summed E-state index contributed by atoms with van der Waals surface area (Å²) in [6, 6.07) is 19.8. The number of allylic oxidation sites excluding steroid dienone is 1. The summed E-state index contributed by atoms with van der Waals surface area (Å²) in [6.07, 6.45) is 1.74. The molecule has 1 N–H and O–H groups in total. The summed E-state index contributed by atoms with van der Waals surface area (Å²) < 4.78 is 16.2. The fourth-order valence-corrected chi connectivity index (χ4v) is 3.51. The number of nitrogens with zero attached hydrogens (tertiary/aromatic N) is 2. The first kappa shape index (κ1) is 21.7. The van der Waals surface area contributed by atoms with Crippen molar-refractivity contribution in [3.8, 4) is 23.3 Å². The van der Waals surface area contributed by atoms with Crippen LogP contribution in [0.15, 0.2) is 60.7 Å². The van der Waals surface area contributed by atoms with Crippen LogP contribution >= 0.6 is 0 Å². The van der Waals surface area contributed by atoms with E-state index in [-0.39, 0.29) is 5.78 Å². The number of ketones is 1. The Bertz CT molecular complexity index is 1340. The maximum absolute atomic E-state index is 13.8. The van der Waals surface area contributed by atoms with E-state index in [9.17, 15) is 4.79 Å². The van der Waals surface area contributed by atoms with Crippen LogP contribution in [-0.2, 0) is 0 Å². The van der Waals surface area contributed by atoms with Gasteiger partial charge in [0.2, 0.25) is 5.75 Å². The Balaban J connectivity index is 1.88. The third kappa shape index (κ3) is 4.27. The number of imidazole rings is 1. The molecule has 164 valence electrons. The number of nitrogens with one attached hydrogen (secondary N) is 1. The van der Waals surface area contributed by atoms with E-state index in [1.54, 1.807) is 42.5 Å². The molecule has 0 aliphatic rings. The van der Waals surface area contributed by atoms with Crippen LogP contribution in [0.5, 0.6) is 17.2 Å². The van der Waals surface area contributed by atoms with Crippen LogP contribution in [0.2, 0.25) is 0 Å². The molecule has 0 amide bonds. The van der Waals surface area contributed by atoms with Crippen molar-refractivity contribution in [3.63, 3.8) is 0 Å². The van der Waals surface area contributed by atoms with Gasteiger partial charge in [-0.05, 0) is 48.0 Å². The second-order valence-electron chi connectivity index (χ2n) is 7.14. The molecule has 0 unspecified atom stereocenters. The molecule has 0 fully saturated rings. The second kappa shape index (κ2) is 9.28. The van der Waals surface area contributed by atoms with Crippen LogP contribution in [-0.4, -0.2) is 37.1 Å². The second-order valence-corrected chi connectivity index (χ2v) is 7.14. The van der Waals surface area contributed by atoms with Crippen LogP contribution in [0.3, 0.4) is 0 Å². The number of nitriles is 1. The molecule has 1 aromatic heterocycles. The Morgan fingerprint density at radius 2 is 1.64 bits per heavy atom. The number of hydrogen-bond acceptors (Lipinski definition) is 6. The van der Waals surface area contributed by atoms with Gasteiger partial charge in [0.25, 0.3) is 0 Å². The van der Waals surface area contributed by atoms with Crippen molar-refractivity contribution in [2.45, 2.75) is 0 Å². The number of H-pyrrole nitrogens is 1. The number of para-hydroxylation sites is 2. The zero-order valence-corrected chi connectivity index (χ0v) is 18.4. The molecule has 33 heavy (non-hydrogen) atoms. The van der Waals surface area contributed by atoms with Gasteiger partial charge in [0.05, 0.1) is 49.6 Å². The van der Waals surface area contributed by atoms with E-state index in [2.05, 4.69) is 16.0 Å². The number of carbonyl (C=O) groups excluding carboxylic acids is 1. The third-order valence-electron chi connectivity index (χ3n) is 5.17. The summed E-state index contributed by atoms with van der Waals surface area (Å²) >= 11 is 0. The summed E-state index contributed by atoms with van der Waals surface area (Å²) in [5.41, 5.74) is 3.56. The average Bonchev–Trinajstić information content (AvgIpc) is 3.30. The maximum atomic E-state index is 13.8. The minimum Gasteiger partial charge on any atom is -0.493 e. The van der Waals surface area contributed by atoms with Crippen molar-refractivity contribution < 1.29 is 19.0 Å². The third-order valence-corrected chi connectivity index (χ3v) is 5.17. The molecular formula is C26H21N3O4. The van der Waals surface area contributed by atoms with E-state index in [0.717, 1.165) is 16.6 Å². The standard InChI is InChI=1S/C26H21N3O4/c1-31-22-13-18(14-23(32-2)25(22)33-3)24(30)19(12-16-8-10-17(15-27)11-9-16)26-28-20-6-4-5-7-21(20)29-26/h4-14H,1-3H3,(H,28,29)/b19-12-. The number of methoxy groups -OCH3 is 3. The molecule has 0 bridgehead atoms. The number of ether oxygens (including phenoxy) is 3. The lowest BCUT2D eigenvalue weighted by molar-refractivity contribution is 0.105. The number of aromatic nitrogens is 2. The lowest BCUT2D eigenvalue weighted by Gasteiger charge is -2.14. The average molecular weight is 439 g/mol. The number of fused-ring (bicyclic) bond motifs is 1. The van der Waals surface area contributed by atoms with Gasteiger partial charge in [-0.2, -0.15) is 5.26 Å². The Morgan fingerprint density at radius 3 is 2.21 bits per heavy atom. The summed E-state index contributed by atoms with van der Waals surface area (Å²) in [4.78, 5) is 21.6. The highest BCUT2D eigenvalue weighted by atomic mass is 16.5. The molecule has 4 aromatic rings. The zero-order chi connectivity index (χ0) is 23.4. The number of aromatic amines is 1. The largest absolute Gasteiger partial charge is 0.493 e. The zero-order valence-electron chi connectivity index (χ0n) is 18.4. The predicted octanol–water partition coefficient (Wildman–Crippen LogP) is 4.88. The molecule has 0 radical (unpaired) electrons. The fraction of sp³-hybridized carbons (Fsp3) is 0.115. The Labute approximate surface area is 190 Å². The minimum atomic E-state index is -0.280. The molecule has 1 heterocycles. The first-order valence-electron chi connectivity index (χ1n) is 10.1. The van der Waals surface area contributed by atoms with Crippen molar-refractivity contribution in [2.75, 3.05) is 21.3 Å². The van der Waals surface area contributed by atoms with Gasteiger partial charge in [0.15, 0.2) is 17.3 Å². The normalized spacial score (nSPS) is 11.2. The van der Waals surface area contributed by atoms with Crippen molar-refractivity contribution in [3.05, 3.63) is 83.2 Å². The van der Waals surface area contributed by atoms with Crippen molar-refractivity contribution in [2.24, 2.45) is 0 Å². The molecule has 0 atom stereocenters. The molecule has 4 rings (SSSR count). The number of hydrogen-bond donors (Lipinski definition) is 1. The van der Waals surface area contributed by atoms with E-state index in [1.807, 2.05) is 24.3 Å². The monoisotopic (exact) mass is 439 g/mol. The molecule has 0 spiro atoms. The summed E-state index contributed by atoms with van der Waals surface area (Å²) in [6.45, 7) is 0. The highest BCUT2D eigenvalue weighted by Crippen LogP contribution is 2.39. The van der Waals surface area contributed by atoms with E-state index >= 15 is 0 Å². The van der Waals surface area contributed by atoms with Gasteiger partial charge in [-0.15, -0.1) is 0 Å². The van der Waals surface area contributed by atoms with Gasteiger partial charge in [-0.25, -0.2) is 4.98 Å². The van der Waals surface area contributed by atoms with Gasteiger partial charge in [-0.1, -0.05) is 24.3 Å². The molecular weight excluding hydrogens is 418 g/mol. The van der Waals surface area contributed by atoms with Gasteiger partial charge in [0.1, 0.15) is 5.82 Å². The number of rotatable bonds is 7. The maximum Gasteiger partial charge on any atom is 0.203 e. The first-order chi connectivity index (χ1) is 16.1. The van der Waals surface area contributed by atoms with Crippen LogP contribution < -0.4 is 14.2 Å². The quantitative estimate of drug-likeness (QED) is 0.325. The molecule has 7 nitrogen and oxygen atoms in total. The SMILES string of the molecule is COc1cc(C(=O)/C(=C/c2ccc(C#N)cc2)c2nc3ccccc3[nH]2)cc(OC)c1OC. The molecule has 0 saturated heterocycles. The van der Waals surface area contributed by atoms with E-state index in [0.29, 0.717) is 39.8 Å². The fourth-order valence-electron chi connectivity index (χ4n) is 3.51. The Hall–Kier alpha value is -4.57. The minimum absolute atomic E-state index is 0.280. The molecule has 0 saturated carbocycles.